The minimum absolute atomic E-state index is 0.156. The molecule has 1 rings (SSSR count). The highest BCUT2D eigenvalue weighted by atomic mass is 35.5. The Morgan fingerprint density at radius 2 is 2.06 bits per heavy atom. The number of benzene rings is 1. The number of rotatable bonds is 4. The van der Waals surface area contributed by atoms with Crippen LogP contribution >= 0.6 is 11.6 Å². The predicted octanol–water partition coefficient (Wildman–Crippen LogP) is 2.37. The number of nitrogens with one attached hydrogen (secondary N) is 1. The summed E-state index contributed by atoms with van der Waals surface area (Å²) in [6.07, 6.45) is 0.156. The summed E-state index contributed by atoms with van der Waals surface area (Å²) in [4.78, 5) is 24.1. The van der Waals surface area contributed by atoms with Gasteiger partial charge in [-0.3, -0.25) is 4.79 Å². The van der Waals surface area contributed by atoms with Crippen LogP contribution in [0.4, 0.5) is 10.5 Å². The third-order valence-corrected chi connectivity index (χ3v) is 2.67. The molecule has 18 heavy (non-hydrogen) atoms. The van der Waals surface area contributed by atoms with Crippen LogP contribution < -0.4 is 5.32 Å². The van der Waals surface area contributed by atoms with Gasteiger partial charge in [-0.1, -0.05) is 23.7 Å². The van der Waals surface area contributed by atoms with Crippen molar-refractivity contribution in [1.82, 2.24) is 4.90 Å². The van der Waals surface area contributed by atoms with Crippen LogP contribution in [0.2, 0.25) is 5.02 Å². The molecule has 0 aliphatic heterocycles. The van der Waals surface area contributed by atoms with E-state index in [1.807, 2.05) is 0 Å². The quantitative estimate of drug-likeness (QED) is 0.855. The number of para-hydroxylation sites is 1. The smallest absolute Gasteiger partial charge is 0.321 e. The molecule has 0 saturated heterocycles. The van der Waals surface area contributed by atoms with Crippen molar-refractivity contribution in [2.75, 3.05) is 26.0 Å². The lowest BCUT2D eigenvalue weighted by Gasteiger charge is -2.17. The second kappa shape index (κ2) is 6.86. The first kappa shape index (κ1) is 14.3. The number of halogens is 1. The SMILES string of the molecule is COC(=O)CCN(C)C(=O)Nc1ccccc1Cl. The maximum absolute atomic E-state index is 11.8. The van der Waals surface area contributed by atoms with E-state index in [1.54, 1.807) is 31.3 Å². The van der Waals surface area contributed by atoms with Gasteiger partial charge in [0.15, 0.2) is 0 Å². The fraction of sp³-hybridized carbons (Fsp3) is 0.333. The summed E-state index contributed by atoms with van der Waals surface area (Å²) in [5, 5.41) is 3.12. The Labute approximate surface area is 111 Å². The van der Waals surface area contributed by atoms with Gasteiger partial charge in [-0.15, -0.1) is 0 Å². The summed E-state index contributed by atoms with van der Waals surface area (Å²) in [6.45, 7) is 0.281. The molecule has 0 spiro atoms. The first-order valence-electron chi connectivity index (χ1n) is 5.38. The molecule has 0 unspecified atom stereocenters. The lowest BCUT2D eigenvalue weighted by Crippen LogP contribution is -2.33. The zero-order chi connectivity index (χ0) is 13.5. The van der Waals surface area contributed by atoms with Crippen LogP contribution in [0.3, 0.4) is 0 Å². The van der Waals surface area contributed by atoms with Crippen LogP contribution in [0.5, 0.6) is 0 Å². The maximum atomic E-state index is 11.8. The fourth-order valence-corrected chi connectivity index (χ4v) is 1.42. The Bertz CT molecular complexity index is 437. The summed E-state index contributed by atoms with van der Waals surface area (Å²) in [6, 6.07) is 6.61. The van der Waals surface area contributed by atoms with Gasteiger partial charge in [0.05, 0.1) is 24.2 Å². The van der Waals surface area contributed by atoms with Crippen molar-refractivity contribution in [3.63, 3.8) is 0 Å². The Kier molecular flexibility index (Phi) is 5.45. The second-order valence-corrected chi connectivity index (χ2v) is 4.06. The van der Waals surface area contributed by atoms with Crippen LogP contribution in [0.15, 0.2) is 24.3 Å². The summed E-state index contributed by atoms with van der Waals surface area (Å²) in [7, 11) is 2.90. The van der Waals surface area contributed by atoms with Crippen molar-refractivity contribution >= 4 is 29.3 Å². The minimum atomic E-state index is -0.354. The zero-order valence-corrected chi connectivity index (χ0v) is 11.0. The lowest BCUT2D eigenvalue weighted by atomic mass is 10.3. The molecule has 2 amide bonds. The summed E-state index contributed by atoms with van der Waals surface area (Å²) in [5.41, 5.74) is 0.536. The number of methoxy groups -OCH3 is 1. The van der Waals surface area contributed by atoms with Crippen molar-refractivity contribution in [3.8, 4) is 0 Å². The number of hydrogen-bond donors (Lipinski definition) is 1. The molecule has 1 aromatic carbocycles. The number of carbonyl (C=O) groups excluding carboxylic acids is 2. The van der Waals surface area contributed by atoms with E-state index in [4.69, 9.17) is 11.6 Å². The van der Waals surface area contributed by atoms with Gasteiger partial charge in [-0.25, -0.2) is 4.79 Å². The van der Waals surface area contributed by atoms with E-state index in [-0.39, 0.29) is 25.0 Å². The molecule has 0 heterocycles. The molecule has 6 heteroatoms. The number of carbonyl (C=O) groups is 2. The average molecular weight is 271 g/mol. The highest BCUT2D eigenvalue weighted by molar-refractivity contribution is 6.33. The van der Waals surface area contributed by atoms with E-state index in [0.29, 0.717) is 10.7 Å². The van der Waals surface area contributed by atoms with E-state index in [9.17, 15) is 9.59 Å². The van der Waals surface area contributed by atoms with Gasteiger partial charge >= 0.3 is 12.0 Å². The minimum Gasteiger partial charge on any atom is -0.469 e. The number of amides is 2. The second-order valence-electron chi connectivity index (χ2n) is 3.66. The van der Waals surface area contributed by atoms with Crippen molar-refractivity contribution in [2.45, 2.75) is 6.42 Å². The number of hydrogen-bond acceptors (Lipinski definition) is 3. The average Bonchev–Trinajstić information content (AvgIpc) is 2.38. The third kappa shape index (κ3) is 4.25. The van der Waals surface area contributed by atoms with E-state index < -0.39 is 0 Å². The number of esters is 1. The van der Waals surface area contributed by atoms with E-state index in [1.165, 1.54) is 12.0 Å². The van der Waals surface area contributed by atoms with Gasteiger partial charge in [0.2, 0.25) is 0 Å². The summed E-state index contributed by atoms with van der Waals surface area (Å²) in [5.74, 6) is -0.354. The molecule has 0 saturated carbocycles. The van der Waals surface area contributed by atoms with Crippen molar-refractivity contribution in [1.29, 1.82) is 0 Å². The molecule has 0 fully saturated rings. The van der Waals surface area contributed by atoms with Gasteiger partial charge in [0.25, 0.3) is 0 Å². The Balaban J connectivity index is 2.50. The first-order chi connectivity index (χ1) is 8.54. The predicted molar refractivity (Wildman–Crippen MR) is 69.7 cm³/mol. The molecule has 0 atom stereocenters. The molecule has 5 nitrogen and oxygen atoms in total. The Hall–Kier alpha value is -1.75. The highest BCUT2D eigenvalue weighted by Gasteiger charge is 2.11. The normalized spacial score (nSPS) is 9.72. The van der Waals surface area contributed by atoms with Gasteiger partial charge in [0.1, 0.15) is 0 Å². The molecule has 0 radical (unpaired) electrons. The number of ether oxygens (including phenoxy) is 1. The molecule has 0 bridgehead atoms. The number of urea groups is 1. The van der Waals surface area contributed by atoms with Crippen molar-refractivity contribution < 1.29 is 14.3 Å². The largest absolute Gasteiger partial charge is 0.469 e. The van der Waals surface area contributed by atoms with Crippen molar-refractivity contribution in [2.24, 2.45) is 0 Å². The standard InChI is InChI=1S/C12H15ClN2O3/c1-15(8-7-11(16)18-2)12(17)14-10-6-4-3-5-9(10)13/h3-6H,7-8H2,1-2H3,(H,14,17). The molecule has 1 aromatic rings. The number of nitrogens with zero attached hydrogens (tertiary/aromatic N) is 1. The first-order valence-corrected chi connectivity index (χ1v) is 5.76. The van der Waals surface area contributed by atoms with E-state index >= 15 is 0 Å². The van der Waals surface area contributed by atoms with Crippen LogP contribution in [0.25, 0.3) is 0 Å². The lowest BCUT2D eigenvalue weighted by molar-refractivity contribution is -0.140. The molecule has 98 valence electrons. The molecule has 0 aliphatic rings. The summed E-state index contributed by atoms with van der Waals surface area (Å²) < 4.78 is 4.50. The van der Waals surface area contributed by atoms with E-state index in [2.05, 4.69) is 10.1 Å². The van der Waals surface area contributed by atoms with Gasteiger partial charge in [0, 0.05) is 13.6 Å². The van der Waals surface area contributed by atoms with E-state index in [0.717, 1.165) is 0 Å². The molecular weight excluding hydrogens is 256 g/mol. The van der Waals surface area contributed by atoms with Crippen molar-refractivity contribution in [3.05, 3.63) is 29.3 Å². The van der Waals surface area contributed by atoms with Crippen LogP contribution in [-0.4, -0.2) is 37.6 Å². The summed E-state index contributed by atoms with van der Waals surface area (Å²) >= 11 is 5.92. The topological polar surface area (TPSA) is 58.6 Å². The molecule has 0 aromatic heterocycles. The highest BCUT2D eigenvalue weighted by Crippen LogP contribution is 2.20. The van der Waals surface area contributed by atoms with Crippen LogP contribution in [0, 0.1) is 0 Å². The maximum Gasteiger partial charge on any atom is 0.321 e. The Morgan fingerprint density at radius 1 is 1.39 bits per heavy atom. The van der Waals surface area contributed by atoms with Gasteiger partial charge in [-0.05, 0) is 12.1 Å². The molecular formula is C12H15ClN2O3. The molecule has 0 aliphatic carbocycles. The fourth-order valence-electron chi connectivity index (χ4n) is 1.24. The van der Waals surface area contributed by atoms with Crippen LogP contribution in [0.1, 0.15) is 6.42 Å². The van der Waals surface area contributed by atoms with Gasteiger partial charge < -0.3 is 15.0 Å². The zero-order valence-electron chi connectivity index (χ0n) is 10.3. The third-order valence-electron chi connectivity index (χ3n) is 2.34. The number of anilines is 1. The monoisotopic (exact) mass is 270 g/mol. The molecule has 1 N–H and O–H groups in total. The van der Waals surface area contributed by atoms with Crippen LogP contribution in [-0.2, 0) is 9.53 Å². The van der Waals surface area contributed by atoms with Gasteiger partial charge in [-0.2, -0.15) is 0 Å². The Morgan fingerprint density at radius 3 is 2.67 bits per heavy atom.